The summed E-state index contributed by atoms with van der Waals surface area (Å²) < 4.78 is 91.1. The Hall–Kier alpha value is -2.70. The van der Waals surface area contributed by atoms with Gasteiger partial charge >= 0.3 is 6.61 Å². The molecule has 4 rings (SSSR count). The van der Waals surface area contributed by atoms with E-state index in [0.717, 1.165) is 23.8 Å². The molecule has 1 aliphatic heterocycles. The zero-order valence-electron chi connectivity index (χ0n) is 20.1. The molecular weight excluding hydrogens is 548 g/mol. The predicted molar refractivity (Wildman–Crippen MR) is 134 cm³/mol. The number of sulfonamides is 1. The van der Waals surface area contributed by atoms with E-state index in [1.807, 2.05) is 4.90 Å². The van der Waals surface area contributed by atoms with Crippen LogP contribution in [0.5, 0.6) is 5.75 Å². The summed E-state index contributed by atoms with van der Waals surface area (Å²) in [5.41, 5.74) is 0.567. The Morgan fingerprint density at radius 1 is 0.895 bits per heavy atom. The summed E-state index contributed by atoms with van der Waals surface area (Å²) in [6.45, 7) is -2.01. The average Bonchev–Trinajstić information content (AvgIpc) is 2.88. The van der Waals surface area contributed by atoms with E-state index < -0.39 is 34.4 Å². The molecule has 1 atom stereocenters. The molecule has 12 heteroatoms. The normalized spacial score (nSPS) is 16.1. The van der Waals surface area contributed by atoms with Crippen LogP contribution in [-0.4, -0.2) is 57.0 Å². The zero-order valence-corrected chi connectivity index (χ0v) is 21.6. The molecule has 0 aliphatic carbocycles. The summed E-state index contributed by atoms with van der Waals surface area (Å²) in [5, 5.41) is 0.523. The first-order valence-electron chi connectivity index (χ1n) is 11.7. The third-order valence-electron chi connectivity index (χ3n) is 6.16. The largest absolute Gasteiger partial charge is 0.435 e. The van der Waals surface area contributed by atoms with Crippen LogP contribution >= 0.6 is 11.6 Å². The molecule has 1 aliphatic rings. The number of hydrogen-bond donors (Lipinski definition) is 0. The van der Waals surface area contributed by atoms with Gasteiger partial charge in [-0.05, 0) is 42.0 Å². The highest BCUT2D eigenvalue weighted by Crippen LogP contribution is 2.27. The van der Waals surface area contributed by atoms with Crippen LogP contribution < -0.4 is 4.74 Å². The van der Waals surface area contributed by atoms with E-state index in [4.69, 9.17) is 16.3 Å². The van der Waals surface area contributed by atoms with Gasteiger partial charge in [-0.2, -0.15) is 13.1 Å². The van der Waals surface area contributed by atoms with Crippen molar-refractivity contribution in [2.75, 3.05) is 32.7 Å². The fourth-order valence-electron chi connectivity index (χ4n) is 4.13. The number of benzene rings is 3. The van der Waals surface area contributed by atoms with Crippen molar-refractivity contribution in [3.05, 3.63) is 94.5 Å². The Morgan fingerprint density at radius 3 is 2.16 bits per heavy atom. The van der Waals surface area contributed by atoms with Crippen LogP contribution in [0.2, 0.25) is 5.02 Å². The van der Waals surface area contributed by atoms with Crippen molar-refractivity contribution >= 4 is 21.6 Å². The van der Waals surface area contributed by atoms with Crippen molar-refractivity contribution < 1.29 is 35.5 Å². The van der Waals surface area contributed by atoms with Crippen LogP contribution in [0.1, 0.15) is 17.2 Å². The summed E-state index contributed by atoms with van der Waals surface area (Å²) in [4.78, 5) is 1.85. The van der Waals surface area contributed by atoms with E-state index in [-0.39, 0.29) is 35.9 Å². The first-order chi connectivity index (χ1) is 18.1. The Morgan fingerprint density at radius 2 is 1.53 bits per heavy atom. The van der Waals surface area contributed by atoms with Gasteiger partial charge in [0.2, 0.25) is 10.0 Å². The zero-order chi connectivity index (χ0) is 27.3. The van der Waals surface area contributed by atoms with E-state index in [0.29, 0.717) is 24.7 Å². The van der Waals surface area contributed by atoms with E-state index in [9.17, 15) is 26.0 Å². The van der Waals surface area contributed by atoms with Crippen LogP contribution in [0, 0.1) is 11.6 Å². The van der Waals surface area contributed by atoms with Gasteiger partial charge in [0, 0.05) is 49.4 Å². The number of rotatable bonds is 10. The van der Waals surface area contributed by atoms with E-state index in [1.165, 1.54) is 28.6 Å². The van der Waals surface area contributed by atoms with Crippen molar-refractivity contribution in [3.63, 3.8) is 0 Å². The van der Waals surface area contributed by atoms with Crippen LogP contribution in [0.4, 0.5) is 17.6 Å². The standard InChI is InChI=1S/C26H25ClF4N2O4S/c27-19-9-7-18(8-10-19)25(36-17-22-23(28)5-2-6-24(22)29)16-32-11-13-33(14-12-32)38(34,35)21-4-1-3-20(15-21)37-26(30)31/h1-10,15,25-26H,11-14,16-17H2/t25-/m1/s1. The minimum absolute atomic E-state index is 0.140. The van der Waals surface area contributed by atoms with Gasteiger partial charge in [-0.25, -0.2) is 17.2 Å². The molecule has 6 nitrogen and oxygen atoms in total. The summed E-state index contributed by atoms with van der Waals surface area (Å²) >= 11 is 6.01. The number of piperazine rings is 1. The van der Waals surface area contributed by atoms with Gasteiger partial charge in [-0.1, -0.05) is 35.9 Å². The molecule has 0 aromatic heterocycles. The summed E-state index contributed by atoms with van der Waals surface area (Å²) in [6.07, 6.45) is -0.572. The maximum absolute atomic E-state index is 14.1. The van der Waals surface area contributed by atoms with E-state index in [2.05, 4.69) is 4.74 Å². The lowest BCUT2D eigenvalue weighted by Crippen LogP contribution is -2.49. The third-order valence-corrected chi connectivity index (χ3v) is 8.30. The molecule has 0 bridgehead atoms. The molecule has 0 unspecified atom stereocenters. The van der Waals surface area contributed by atoms with Crippen molar-refractivity contribution in [1.29, 1.82) is 0 Å². The lowest BCUT2D eigenvalue weighted by molar-refractivity contribution is -0.0500. The van der Waals surface area contributed by atoms with Crippen molar-refractivity contribution in [1.82, 2.24) is 9.21 Å². The van der Waals surface area contributed by atoms with E-state index >= 15 is 0 Å². The minimum Gasteiger partial charge on any atom is -0.435 e. The first kappa shape index (κ1) is 28.3. The maximum Gasteiger partial charge on any atom is 0.387 e. The highest BCUT2D eigenvalue weighted by atomic mass is 35.5. The topological polar surface area (TPSA) is 59.1 Å². The molecule has 0 saturated carbocycles. The number of halogens is 5. The molecule has 1 fully saturated rings. The number of hydrogen-bond acceptors (Lipinski definition) is 5. The molecule has 204 valence electrons. The van der Waals surface area contributed by atoms with Crippen molar-refractivity contribution in [2.24, 2.45) is 0 Å². The van der Waals surface area contributed by atoms with Crippen LogP contribution in [0.15, 0.2) is 71.6 Å². The van der Waals surface area contributed by atoms with Gasteiger partial charge in [0.1, 0.15) is 17.4 Å². The fourth-order valence-corrected chi connectivity index (χ4v) is 5.72. The number of alkyl halides is 2. The molecule has 0 spiro atoms. The van der Waals surface area contributed by atoms with Gasteiger partial charge in [0.15, 0.2) is 0 Å². The Bertz CT molecular complexity index is 1320. The maximum atomic E-state index is 14.1. The van der Waals surface area contributed by atoms with Gasteiger partial charge in [-0.3, -0.25) is 4.90 Å². The van der Waals surface area contributed by atoms with Gasteiger partial charge in [0.05, 0.1) is 17.6 Å². The van der Waals surface area contributed by atoms with Crippen LogP contribution in [0.3, 0.4) is 0 Å². The second-order valence-corrected chi connectivity index (χ2v) is 11.0. The first-order valence-corrected chi connectivity index (χ1v) is 13.5. The highest BCUT2D eigenvalue weighted by Gasteiger charge is 2.30. The monoisotopic (exact) mass is 572 g/mol. The molecular formula is C26H25ClF4N2O4S. The molecule has 0 radical (unpaired) electrons. The third kappa shape index (κ3) is 7.03. The highest BCUT2D eigenvalue weighted by molar-refractivity contribution is 7.89. The number of ether oxygens (including phenoxy) is 2. The summed E-state index contributed by atoms with van der Waals surface area (Å²) in [7, 11) is -3.93. The molecule has 3 aromatic carbocycles. The number of nitrogens with zero attached hydrogens (tertiary/aromatic N) is 2. The summed E-state index contributed by atoms with van der Waals surface area (Å²) in [5.74, 6) is -1.66. The van der Waals surface area contributed by atoms with Gasteiger partial charge in [-0.15, -0.1) is 0 Å². The second kappa shape index (κ2) is 12.4. The van der Waals surface area contributed by atoms with Gasteiger partial charge < -0.3 is 9.47 Å². The SMILES string of the molecule is O=S(=O)(c1cccc(OC(F)F)c1)N1CCN(C[C@@H](OCc2c(F)cccc2F)c2ccc(Cl)cc2)CC1. The lowest BCUT2D eigenvalue weighted by atomic mass is 10.1. The molecule has 0 N–H and O–H groups in total. The molecule has 3 aromatic rings. The minimum atomic E-state index is -3.93. The Balaban J connectivity index is 1.43. The Labute approximate surface area is 223 Å². The van der Waals surface area contributed by atoms with Gasteiger partial charge in [0.25, 0.3) is 0 Å². The van der Waals surface area contributed by atoms with E-state index in [1.54, 1.807) is 24.3 Å². The molecule has 1 heterocycles. The fraction of sp³-hybridized carbons (Fsp3) is 0.308. The predicted octanol–water partition coefficient (Wildman–Crippen LogP) is 5.48. The quantitative estimate of drug-likeness (QED) is 0.301. The van der Waals surface area contributed by atoms with Crippen LogP contribution in [-0.2, 0) is 21.4 Å². The lowest BCUT2D eigenvalue weighted by Gasteiger charge is -2.36. The smallest absolute Gasteiger partial charge is 0.387 e. The van der Waals surface area contributed by atoms with Crippen molar-refractivity contribution in [2.45, 2.75) is 24.2 Å². The van der Waals surface area contributed by atoms with Crippen molar-refractivity contribution in [3.8, 4) is 5.75 Å². The molecule has 1 saturated heterocycles. The Kier molecular flexibility index (Phi) is 9.27. The van der Waals surface area contributed by atoms with Crippen LogP contribution in [0.25, 0.3) is 0 Å². The molecule has 38 heavy (non-hydrogen) atoms. The molecule has 0 amide bonds. The second-order valence-electron chi connectivity index (χ2n) is 8.61. The average molecular weight is 573 g/mol. The summed E-state index contributed by atoms with van der Waals surface area (Å²) in [6, 6.07) is 15.5.